The highest BCUT2D eigenvalue weighted by molar-refractivity contribution is 5.89. The van der Waals surface area contributed by atoms with Gasteiger partial charge >= 0.3 is 0 Å². The molecule has 1 saturated heterocycles. The van der Waals surface area contributed by atoms with Crippen molar-refractivity contribution in [1.29, 1.82) is 5.26 Å². The number of piperazine rings is 1. The van der Waals surface area contributed by atoms with Crippen molar-refractivity contribution in [2.45, 2.75) is 25.4 Å². The number of aryl methyl sites for hydroxylation is 1. The van der Waals surface area contributed by atoms with E-state index in [2.05, 4.69) is 9.88 Å². The number of hydrogen-bond acceptors (Lipinski definition) is 5. The molecule has 1 aliphatic rings. The van der Waals surface area contributed by atoms with Crippen LogP contribution >= 0.6 is 0 Å². The zero-order valence-electron chi connectivity index (χ0n) is 21.0. The quantitative estimate of drug-likeness (QED) is 0.376. The van der Waals surface area contributed by atoms with Gasteiger partial charge in [0, 0.05) is 32.7 Å². The molecule has 4 aromatic rings. The number of nitriles is 1. The predicted molar refractivity (Wildman–Crippen MR) is 139 cm³/mol. The lowest BCUT2D eigenvalue weighted by Gasteiger charge is -2.46. The van der Waals surface area contributed by atoms with Gasteiger partial charge in [-0.25, -0.2) is 13.8 Å². The maximum absolute atomic E-state index is 15.5. The molecule has 2 aromatic carbocycles. The molecule has 0 amide bonds. The molecule has 6 nitrogen and oxygen atoms in total. The normalized spacial score (nSPS) is 16.2. The number of nitrogens with zero attached hydrogens (tertiary/aromatic N) is 5. The number of fused-ring (bicyclic) bond motifs is 1. The third kappa shape index (κ3) is 4.52. The van der Waals surface area contributed by atoms with Gasteiger partial charge in [0.2, 0.25) is 5.82 Å². The first-order valence-electron chi connectivity index (χ1n) is 12.4. The first-order chi connectivity index (χ1) is 18.3. The Morgan fingerprint density at radius 3 is 2.13 bits per heavy atom. The summed E-state index contributed by atoms with van der Waals surface area (Å²) in [7, 11) is 1.48. The SMILES string of the molecule is CC[C@@H]1CN(c2c(F)c(=O)n(C)c3ccc(C#N)nc23)CCN1C(c1ccc(F)cc1)c1ccc(F)cc1. The van der Waals surface area contributed by atoms with Gasteiger partial charge in [-0.2, -0.15) is 9.65 Å². The number of anilines is 1. The van der Waals surface area contributed by atoms with Crippen LogP contribution in [0.1, 0.15) is 36.2 Å². The van der Waals surface area contributed by atoms with E-state index in [1.165, 1.54) is 41.9 Å². The van der Waals surface area contributed by atoms with Crippen LogP contribution in [-0.2, 0) is 7.05 Å². The van der Waals surface area contributed by atoms with Crippen molar-refractivity contribution in [1.82, 2.24) is 14.5 Å². The van der Waals surface area contributed by atoms with Crippen molar-refractivity contribution in [3.8, 4) is 6.07 Å². The Morgan fingerprint density at radius 2 is 1.58 bits per heavy atom. The fourth-order valence-electron chi connectivity index (χ4n) is 5.35. The average molecular weight is 518 g/mol. The van der Waals surface area contributed by atoms with Crippen LogP contribution in [0.3, 0.4) is 0 Å². The zero-order valence-corrected chi connectivity index (χ0v) is 21.0. The van der Waals surface area contributed by atoms with Gasteiger partial charge in [-0.05, 0) is 53.9 Å². The summed E-state index contributed by atoms with van der Waals surface area (Å²) < 4.78 is 44.2. The van der Waals surface area contributed by atoms with E-state index in [9.17, 15) is 18.8 Å². The maximum atomic E-state index is 15.5. The van der Waals surface area contributed by atoms with Crippen LogP contribution in [0.4, 0.5) is 18.9 Å². The second-order valence-electron chi connectivity index (χ2n) is 9.45. The van der Waals surface area contributed by atoms with Crippen LogP contribution in [0.5, 0.6) is 0 Å². The number of hydrogen-bond donors (Lipinski definition) is 0. The average Bonchev–Trinajstić information content (AvgIpc) is 2.94. The Morgan fingerprint density at radius 1 is 0.974 bits per heavy atom. The summed E-state index contributed by atoms with van der Waals surface area (Å²) in [6, 6.07) is 17.3. The first-order valence-corrected chi connectivity index (χ1v) is 12.4. The second-order valence-corrected chi connectivity index (χ2v) is 9.45. The lowest BCUT2D eigenvalue weighted by Crippen LogP contribution is -2.54. The molecule has 9 heteroatoms. The maximum Gasteiger partial charge on any atom is 0.289 e. The van der Waals surface area contributed by atoms with Gasteiger partial charge in [0.15, 0.2) is 0 Å². The van der Waals surface area contributed by atoms with E-state index in [0.717, 1.165) is 11.1 Å². The Balaban J connectivity index is 1.57. The van der Waals surface area contributed by atoms with Gasteiger partial charge in [0.05, 0.1) is 11.6 Å². The summed E-state index contributed by atoms with van der Waals surface area (Å²) in [5.74, 6) is -1.60. The van der Waals surface area contributed by atoms with E-state index < -0.39 is 11.4 Å². The number of benzene rings is 2. The fourth-order valence-corrected chi connectivity index (χ4v) is 5.35. The molecule has 5 rings (SSSR count). The van der Waals surface area contributed by atoms with Crippen LogP contribution < -0.4 is 10.5 Å². The highest BCUT2D eigenvalue weighted by Crippen LogP contribution is 2.36. The summed E-state index contributed by atoms with van der Waals surface area (Å²) in [5.41, 5.74) is 1.89. The topological polar surface area (TPSA) is 65.2 Å². The second kappa shape index (κ2) is 10.3. The van der Waals surface area contributed by atoms with E-state index >= 15 is 4.39 Å². The molecule has 194 valence electrons. The third-order valence-electron chi connectivity index (χ3n) is 7.29. The molecule has 0 spiro atoms. The smallest absolute Gasteiger partial charge is 0.289 e. The summed E-state index contributed by atoms with van der Waals surface area (Å²) in [4.78, 5) is 21.2. The molecule has 0 unspecified atom stereocenters. The lowest BCUT2D eigenvalue weighted by molar-refractivity contribution is 0.134. The van der Waals surface area contributed by atoms with Gasteiger partial charge in [0.1, 0.15) is 34.6 Å². The largest absolute Gasteiger partial charge is 0.364 e. The van der Waals surface area contributed by atoms with E-state index in [4.69, 9.17) is 0 Å². The molecule has 2 aromatic heterocycles. The Labute approximate surface area is 218 Å². The van der Waals surface area contributed by atoms with Crippen molar-refractivity contribution in [2.75, 3.05) is 24.5 Å². The highest BCUT2D eigenvalue weighted by atomic mass is 19.1. The van der Waals surface area contributed by atoms with Crippen molar-refractivity contribution in [3.05, 3.63) is 105 Å². The molecule has 0 N–H and O–H groups in total. The summed E-state index contributed by atoms with van der Waals surface area (Å²) in [6.45, 7) is 3.30. The van der Waals surface area contributed by atoms with Crippen molar-refractivity contribution >= 4 is 16.7 Å². The third-order valence-corrected chi connectivity index (χ3v) is 7.29. The molecule has 0 bridgehead atoms. The molecule has 0 aliphatic carbocycles. The minimum absolute atomic E-state index is 0.0819. The van der Waals surface area contributed by atoms with E-state index in [-0.39, 0.29) is 40.6 Å². The Hall–Kier alpha value is -4.16. The van der Waals surface area contributed by atoms with Crippen molar-refractivity contribution in [3.63, 3.8) is 0 Å². The fraction of sp³-hybridized carbons (Fsp3) is 0.276. The van der Waals surface area contributed by atoms with Crippen LogP contribution in [0.15, 0.2) is 65.5 Å². The van der Waals surface area contributed by atoms with Crippen LogP contribution in [0.2, 0.25) is 0 Å². The molecule has 0 saturated carbocycles. The minimum atomic E-state index is -0.903. The van der Waals surface area contributed by atoms with Crippen LogP contribution in [0.25, 0.3) is 11.0 Å². The number of halogens is 3. The number of aromatic nitrogens is 2. The summed E-state index contributed by atoms with van der Waals surface area (Å²) in [5, 5.41) is 9.38. The van der Waals surface area contributed by atoms with Crippen LogP contribution in [-0.4, -0.2) is 40.1 Å². The monoisotopic (exact) mass is 517 g/mol. The van der Waals surface area contributed by atoms with Gasteiger partial charge in [-0.3, -0.25) is 9.69 Å². The summed E-state index contributed by atoms with van der Waals surface area (Å²) >= 11 is 0. The van der Waals surface area contributed by atoms with Crippen molar-refractivity contribution < 1.29 is 13.2 Å². The highest BCUT2D eigenvalue weighted by Gasteiger charge is 2.35. The molecule has 38 heavy (non-hydrogen) atoms. The molecule has 1 fully saturated rings. The van der Waals surface area contributed by atoms with Gasteiger partial charge in [0.25, 0.3) is 5.56 Å². The zero-order chi connectivity index (χ0) is 27.0. The van der Waals surface area contributed by atoms with Crippen molar-refractivity contribution in [2.24, 2.45) is 7.05 Å². The number of rotatable bonds is 5. The van der Waals surface area contributed by atoms with Crippen LogP contribution in [0, 0.1) is 28.8 Å². The standard InChI is InChI=1S/C29H26F3N5O/c1-3-23-17-36(28-25(32)29(38)35(2)24-13-12-22(16-33)34-26(24)28)14-15-37(23)27(18-4-8-20(30)9-5-18)19-6-10-21(31)11-7-19/h4-13,23,27H,3,14-15,17H2,1-2H3/t23-/m1/s1. The molecular weight excluding hydrogens is 491 g/mol. The van der Waals surface area contributed by atoms with Gasteiger partial charge in [-0.1, -0.05) is 31.2 Å². The van der Waals surface area contributed by atoms with E-state index in [0.29, 0.717) is 31.6 Å². The molecule has 0 radical (unpaired) electrons. The lowest BCUT2D eigenvalue weighted by atomic mass is 9.93. The molecular formula is C29H26F3N5O. The molecule has 3 heterocycles. The Kier molecular flexibility index (Phi) is 6.91. The Bertz CT molecular complexity index is 1530. The molecule has 1 aliphatic heterocycles. The van der Waals surface area contributed by atoms with E-state index in [1.807, 2.05) is 17.9 Å². The first kappa shape index (κ1) is 25.5. The van der Waals surface area contributed by atoms with E-state index in [1.54, 1.807) is 30.3 Å². The number of pyridine rings is 2. The summed E-state index contributed by atoms with van der Waals surface area (Å²) in [6.07, 6.45) is 0.705. The predicted octanol–water partition coefficient (Wildman–Crippen LogP) is 4.91. The van der Waals surface area contributed by atoms with Gasteiger partial charge < -0.3 is 9.47 Å². The molecule has 1 atom stereocenters. The minimum Gasteiger partial charge on any atom is -0.364 e. The van der Waals surface area contributed by atoms with Gasteiger partial charge in [-0.15, -0.1) is 0 Å².